The Labute approximate surface area is 138 Å². The third-order valence-corrected chi connectivity index (χ3v) is 3.97. The van der Waals surface area contributed by atoms with Crippen LogP contribution in [0.2, 0.25) is 5.02 Å². The molecule has 0 saturated heterocycles. The second kappa shape index (κ2) is 6.00. The third-order valence-electron chi connectivity index (χ3n) is 3.74. The number of aromatic nitrogens is 5. The van der Waals surface area contributed by atoms with Crippen LogP contribution in [-0.4, -0.2) is 30.1 Å². The van der Waals surface area contributed by atoms with Crippen molar-refractivity contribution in [3.63, 3.8) is 0 Å². The number of hydrogen-bond acceptors (Lipinski definition) is 4. The molecule has 0 fully saturated rings. The Kier molecular flexibility index (Phi) is 4.04. The highest BCUT2D eigenvalue weighted by atomic mass is 35.5. The zero-order chi connectivity index (χ0) is 16.6. The highest BCUT2D eigenvalue weighted by molar-refractivity contribution is 6.30. The number of nitrogens with one attached hydrogen (secondary N) is 1. The standard InChI is InChI=1S/C15H17ClN6O/c1-4-11(14-17-8-18-21(14)3)20-15(23)13-9(2)19-12-6-5-10(16)7-22(12)13/h5-8,11H,4H2,1-3H3,(H,20,23)/t11-/m0/s1. The molecule has 3 aromatic heterocycles. The van der Waals surface area contributed by atoms with Gasteiger partial charge in [-0.3, -0.25) is 13.9 Å². The monoisotopic (exact) mass is 332 g/mol. The van der Waals surface area contributed by atoms with Crippen molar-refractivity contribution in [2.45, 2.75) is 26.3 Å². The van der Waals surface area contributed by atoms with Gasteiger partial charge in [-0.2, -0.15) is 5.10 Å². The van der Waals surface area contributed by atoms with Crippen molar-refractivity contribution in [1.29, 1.82) is 0 Å². The highest BCUT2D eigenvalue weighted by Crippen LogP contribution is 2.18. The first-order valence-corrected chi connectivity index (χ1v) is 7.68. The molecule has 0 bridgehead atoms. The summed E-state index contributed by atoms with van der Waals surface area (Å²) in [6.07, 6.45) is 3.87. The van der Waals surface area contributed by atoms with Crippen LogP contribution in [0.5, 0.6) is 0 Å². The first-order chi connectivity index (χ1) is 11.0. The lowest BCUT2D eigenvalue weighted by Gasteiger charge is -2.16. The summed E-state index contributed by atoms with van der Waals surface area (Å²) in [4.78, 5) is 21.4. The number of aryl methyl sites for hydroxylation is 2. The minimum atomic E-state index is -0.223. The van der Waals surface area contributed by atoms with E-state index < -0.39 is 0 Å². The number of carbonyl (C=O) groups excluding carboxylic acids is 1. The quantitative estimate of drug-likeness (QED) is 0.795. The molecule has 0 unspecified atom stereocenters. The number of nitrogens with zero attached hydrogens (tertiary/aromatic N) is 5. The molecule has 3 aromatic rings. The number of amides is 1. The predicted octanol–water partition coefficient (Wildman–Crippen LogP) is 2.31. The molecule has 0 saturated carbocycles. The number of halogens is 1. The summed E-state index contributed by atoms with van der Waals surface area (Å²) >= 11 is 6.04. The van der Waals surface area contributed by atoms with Gasteiger partial charge in [0.05, 0.1) is 16.8 Å². The highest BCUT2D eigenvalue weighted by Gasteiger charge is 2.22. The first kappa shape index (κ1) is 15.5. The van der Waals surface area contributed by atoms with Crippen LogP contribution in [0.25, 0.3) is 5.65 Å². The number of rotatable bonds is 4. The van der Waals surface area contributed by atoms with Crippen molar-refractivity contribution in [3.05, 3.63) is 46.9 Å². The molecule has 0 aliphatic rings. The van der Waals surface area contributed by atoms with Crippen molar-refractivity contribution in [2.24, 2.45) is 7.05 Å². The van der Waals surface area contributed by atoms with E-state index >= 15 is 0 Å². The maximum atomic E-state index is 12.8. The second-order valence-electron chi connectivity index (χ2n) is 5.30. The fraction of sp³-hybridized carbons (Fsp3) is 0.333. The predicted molar refractivity (Wildman–Crippen MR) is 86.4 cm³/mol. The zero-order valence-corrected chi connectivity index (χ0v) is 13.9. The van der Waals surface area contributed by atoms with Crippen LogP contribution in [0, 0.1) is 6.92 Å². The summed E-state index contributed by atoms with van der Waals surface area (Å²) in [7, 11) is 1.80. The molecule has 3 rings (SSSR count). The Bertz CT molecular complexity index is 868. The van der Waals surface area contributed by atoms with E-state index in [2.05, 4.69) is 20.4 Å². The van der Waals surface area contributed by atoms with Crippen LogP contribution in [0.1, 0.15) is 41.4 Å². The van der Waals surface area contributed by atoms with Crippen LogP contribution in [-0.2, 0) is 7.05 Å². The van der Waals surface area contributed by atoms with Crippen LogP contribution in [0.4, 0.5) is 0 Å². The molecule has 120 valence electrons. The fourth-order valence-electron chi connectivity index (χ4n) is 2.61. The Morgan fingerprint density at radius 3 is 2.87 bits per heavy atom. The number of pyridine rings is 1. The summed E-state index contributed by atoms with van der Waals surface area (Å²) in [5.41, 5.74) is 1.81. The van der Waals surface area contributed by atoms with E-state index in [0.717, 1.165) is 0 Å². The minimum absolute atomic E-state index is 0.216. The van der Waals surface area contributed by atoms with Gasteiger partial charge in [-0.1, -0.05) is 18.5 Å². The number of imidazole rings is 1. The largest absolute Gasteiger partial charge is 0.341 e. The number of carbonyl (C=O) groups is 1. The van der Waals surface area contributed by atoms with E-state index in [-0.39, 0.29) is 11.9 Å². The Hall–Kier alpha value is -2.41. The van der Waals surface area contributed by atoms with Crippen molar-refractivity contribution < 1.29 is 4.79 Å². The van der Waals surface area contributed by atoms with Crippen molar-refractivity contribution in [1.82, 2.24) is 29.5 Å². The van der Waals surface area contributed by atoms with Gasteiger partial charge in [-0.15, -0.1) is 0 Å². The lowest BCUT2D eigenvalue weighted by Crippen LogP contribution is -2.31. The Morgan fingerprint density at radius 2 is 2.22 bits per heavy atom. The smallest absolute Gasteiger partial charge is 0.270 e. The van der Waals surface area contributed by atoms with Gasteiger partial charge in [-0.25, -0.2) is 9.97 Å². The van der Waals surface area contributed by atoms with Gasteiger partial charge in [-0.05, 0) is 25.5 Å². The fourth-order valence-corrected chi connectivity index (χ4v) is 2.77. The topological polar surface area (TPSA) is 77.1 Å². The lowest BCUT2D eigenvalue weighted by atomic mass is 10.2. The Morgan fingerprint density at radius 1 is 1.43 bits per heavy atom. The first-order valence-electron chi connectivity index (χ1n) is 7.30. The van der Waals surface area contributed by atoms with Crippen LogP contribution < -0.4 is 5.32 Å². The number of hydrogen-bond donors (Lipinski definition) is 1. The van der Waals surface area contributed by atoms with Gasteiger partial charge < -0.3 is 5.32 Å². The van der Waals surface area contributed by atoms with Gasteiger partial charge >= 0.3 is 0 Å². The lowest BCUT2D eigenvalue weighted by molar-refractivity contribution is 0.0926. The molecular weight excluding hydrogens is 316 g/mol. The molecule has 23 heavy (non-hydrogen) atoms. The summed E-state index contributed by atoms with van der Waals surface area (Å²) in [6, 6.07) is 3.31. The van der Waals surface area contributed by atoms with E-state index in [0.29, 0.717) is 34.3 Å². The van der Waals surface area contributed by atoms with E-state index in [4.69, 9.17) is 11.6 Å². The summed E-state index contributed by atoms with van der Waals surface area (Å²) in [5, 5.41) is 7.60. The van der Waals surface area contributed by atoms with Crippen LogP contribution >= 0.6 is 11.6 Å². The van der Waals surface area contributed by atoms with Crippen LogP contribution in [0.3, 0.4) is 0 Å². The molecule has 0 radical (unpaired) electrons. The number of fused-ring (bicyclic) bond motifs is 1. The molecule has 1 N–H and O–H groups in total. The summed E-state index contributed by atoms with van der Waals surface area (Å²) in [6.45, 7) is 3.79. The molecule has 1 amide bonds. The maximum absolute atomic E-state index is 12.8. The Balaban J connectivity index is 1.96. The summed E-state index contributed by atoms with van der Waals surface area (Å²) in [5.74, 6) is 0.498. The molecule has 0 aliphatic carbocycles. The molecule has 1 atom stereocenters. The average Bonchev–Trinajstić information content (AvgIpc) is 3.07. The molecular formula is C15H17ClN6O. The van der Waals surface area contributed by atoms with Gasteiger partial charge in [0.15, 0.2) is 0 Å². The van der Waals surface area contributed by atoms with E-state index in [1.54, 1.807) is 41.4 Å². The normalized spacial score (nSPS) is 12.5. The van der Waals surface area contributed by atoms with Gasteiger partial charge in [0.1, 0.15) is 23.5 Å². The zero-order valence-electron chi connectivity index (χ0n) is 13.1. The minimum Gasteiger partial charge on any atom is -0.341 e. The van der Waals surface area contributed by atoms with Gasteiger partial charge in [0.25, 0.3) is 5.91 Å². The molecule has 3 heterocycles. The van der Waals surface area contributed by atoms with Gasteiger partial charge in [0.2, 0.25) is 0 Å². The molecule has 0 spiro atoms. The molecule has 0 aliphatic heterocycles. The van der Waals surface area contributed by atoms with Crippen molar-refractivity contribution in [2.75, 3.05) is 0 Å². The van der Waals surface area contributed by atoms with Crippen LogP contribution in [0.15, 0.2) is 24.7 Å². The third kappa shape index (κ3) is 2.79. The maximum Gasteiger partial charge on any atom is 0.270 e. The average molecular weight is 333 g/mol. The van der Waals surface area contributed by atoms with E-state index in [9.17, 15) is 4.79 Å². The van der Waals surface area contributed by atoms with E-state index in [1.165, 1.54) is 6.33 Å². The van der Waals surface area contributed by atoms with Crippen molar-refractivity contribution in [3.8, 4) is 0 Å². The SMILES string of the molecule is CC[C@H](NC(=O)c1c(C)nc2ccc(Cl)cn12)c1ncnn1C. The van der Waals surface area contributed by atoms with Gasteiger partial charge in [0, 0.05) is 13.2 Å². The second-order valence-corrected chi connectivity index (χ2v) is 5.73. The summed E-state index contributed by atoms with van der Waals surface area (Å²) < 4.78 is 3.36. The molecule has 0 aromatic carbocycles. The van der Waals surface area contributed by atoms with E-state index in [1.807, 2.05) is 6.92 Å². The molecule has 8 heteroatoms. The molecule has 7 nitrogen and oxygen atoms in total. The van der Waals surface area contributed by atoms with Crippen molar-refractivity contribution >= 4 is 23.2 Å².